The van der Waals surface area contributed by atoms with Crippen LogP contribution in [0, 0.1) is 0 Å². The minimum Gasteiger partial charge on any atom is -0.480 e. The van der Waals surface area contributed by atoms with Gasteiger partial charge in [-0.05, 0) is 35.6 Å². The molecule has 0 spiro atoms. The summed E-state index contributed by atoms with van der Waals surface area (Å²) in [6.07, 6.45) is -0.584. The monoisotopic (exact) mass is 440 g/mol. The van der Waals surface area contributed by atoms with Crippen molar-refractivity contribution in [1.29, 1.82) is 0 Å². The van der Waals surface area contributed by atoms with Gasteiger partial charge >= 0.3 is 12.1 Å². The summed E-state index contributed by atoms with van der Waals surface area (Å²) >= 11 is 0. The second-order valence-electron chi connectivity index (χ2n) is 7.99. The van der Waals surface area contributed by atoms with Gasteiger partial charge in [0.25, 0.3) is 0 Å². The number of amides is 2. The Kier molecular flexibility index (Phi) is 7.15. The van der Waals surface area contributed by atoms with E-state index >= 15 is 0 Å². The highest BCUT2D eigenvalue weighted by atomic mass is 16.5. The molecule has 1 aliphatic carbocycles. The Bertz CT molecular complexity index is 962. The van der Waals surface area contributed by atoms with Crippen molar-refractivity contribution in [3.05, 3.63) is 59.7 Å². The normalized spacial score (nSPS) is 15.1. The number of carbonyl (C=O) groups is 3. The topological polar surface area (TPSA) is 114 Å². The fourth-order valence-corrected chi connectivity index (χ4v) is 3.96. The van der Waals surface area contributed by atoms with Crippen LogP contribution in [-0.2, 0) is 19.1 Å². The Morgan fingerprint density at radius 1 is 1.06 bits per heavy atom. The van der Waals surface area contributed by atoms with E-state index in [1.165, 1.54) is 14.0 Å². The molecule has 0 aliphatic heterocycles. The molecular weight excluding hydrogens is 412 g/mol. The van der Waals surface area contributed by atoms with E-state index < -0.39 is 29.6 Å². The van der Waals surface area contributed by atoms with Crippen molar-refractivity contribution in [1.82, 2.24) is 10.6 Å². The number of carboxylic acid groups (broad SMARTS) is 1. The number of nitrogens with one attached hydrogen (secondary N) is 2. The first-order chi connectivity index (χ1) is 15.3. The first kappa shape index (κ1) is 23.3. The summed E-state index contributed by atoms with van der Waals surface area (Å²) in [5.41, 5.74) is 2.87. The maximum Gasteiger partial charge on any atom is 0.408 e. The van der Waals surface area contributed by atoms with E-state index in [0.29, 0.717) is 0 Å². The van der Waals surface area contributed by atoms with Crippen molar-refractivity contribution in [3.63, 3.8) is 0 Å². The summed E-state index contributed by atoms with van der Waals surface area (Å²) in [6.45, 7) is 3.05. The first-order valence-corrected chi connectivity index (χ1v) is 10.5. The third-order valence-corrected chi connectivity index (χ3v) is 5.67. The number of benzene rings is 2. The molecule has 2 atom stereocenters. The lowest BCUT2D eigenvalue weighted by atomic mass is 9.98. The van der Waals surface area contributed by atoms with Gasteiger partial charge in [-0.25, -0.2) is 9.59 Å². The van der Waals surface area contributed by atoms with Crippen LogP contribution in [0.1, 0.15) is 37.3 Å². The molecule has 0 heterocycles. The van der Waals surface area contributed by atoms with E-state index in [-0.39, 0.29) is 25.6 Å². The van der Waals surface area contributed by atoms with Crippen LogP contribution in [0.25, 0.3) is 11.1 Å². The number of aliphatic carboxylic acids is 1. The second kappa shape index (κ2) is 9.82. The predicted octanol–water partition coefficient (Wildman–Crippen LogP) is 2.91. The number of carboxylic acids is 1. The Balaban J connectivity index is 1.70. The molecule has 32 heavy (non-hydrogen) atoms. The molecule has 0 saturated heterocycles. The molecule has 2 aromatic carbocycles. The minimum absolute atomic E-state index is 0.0945. The van der Waals surface area contributed by atoms with E-state index in [1.54, 1.807) is 6.92 Å². The Morgan fingerprint density at radius 3 is 2.12 bits per heavy atom. The van der Waals surface area contributed by atoms with E-state index in [4.69, 9.17) is 9.47 Å². The quantitative estimate of drug-likeness (QED) is 0.553. The third-order valence-electron chi connectivity index (χ3n) is 5.67. The van der Waals surface area contributed by atoms with Crippen LogP contribution in [0.15, 0.2) is 48.5 Å². The lowest BCUT2D eigenvalue weighted by Crippen LogP contribution is -2.61. The first-order valence-electron chi connectivity index (χ1n) is 10.5. The fourth-order valence-electron chi connectivity index (χ4n) is 3.96. The number of hydrogen-bond acceptors (Lipinski definition) is 5. The summed E-state index contributed by atoms with van der Waals surface area (Å²) in [5.74, 6) is -1.93. The number of carbonyl (C=O) groups excluding carboxylic acids is 2. The molecule has 2 aromatic rings. The number of ether oxygens (including phenoxy) is 2. The van der Waals surface area contributed by atoms with Crippen LogP contribution < -0.4 is 10.6 Å². The van der Waals surface area contributed by atoms with Gasteiger partial charge in [-0.1, -0.05) is 55.5 Å². The van der Waals surface area contributed by atoms with Gasteiger partial charge in [-0.3, -0.25) is 4.79 Å². The molecule has 0 aromatic heterocycles. The molecule has 0 fully saturated rings. The summed E-state index contributed by atoms with van der Waals surface area (Å²) in [4.78, 5) is 36.6. The van der Waals surface area contributed by atoms with Crippen LogP contribution in [0.2, 0.25) is 0 Å². The highest BCUT2D eigenvalue weighted by molar-refractivity contribution is 5.92. The number of alkyl carbamates (subject to hydrolysis) is 1. The number of rotatable bonds is 9. The standard InChI is InChI=1S/C24H28N2O6/c1-4-20(21(27)28)25-22(29)24(2,14-31-3)26-23(30)32-13-19-17-11-7-5-9-15(17)16-10-6-8-12-18(16)19/h5-12,19-20H,4,13-14H2,1-3H3,(H,25,29)(H,26,30)(H,27,28)/t20-,24?/m1/s1. The molecule has 8 nitrogen and oxygen atoms in total. The van der Waals surface area contributed by atoms with Crippen LogP contribution in [-0.4, -0.2) is 55.0 Å². The summed E-state index contributed by atoms with van der Waals surface area (Å²) in [7, 11) is 1.39. The van der Waals surface area contributed by atoms with E-state index in [2.05, 4.69) is 10.6 Å². The molecule has 1 unspecified atom stereocenters. The molecule has 0 bridgehead atoms. The third kappa shape index (κ3) is 4.75. The summed E-state index contributed by atoms with van der Waals surface area (Å²) < 4.78 is 10.6. The Morgan fingerprint density at radius 2 is 1.62 bits per heavy atom. The van der Waals surface area contributed by atoms with Gasteiger partial charge in [-0.15, -0.1) is 0 Å². The van der Waals surface area contributed by atoms with Crippen molar-refractivity contribution in [2.75, 3.05) is 20.3 Å². The van der Waals surface area contributed by atoms with Crippen molar-refractivity contribution in [2.45, 2.75) is 37.8 Å². The molecule has 0 saturated carbocycles. The van der Waals surface area contributed by atoms with Crippen molar-refractivity contribution >= 4 is 18.0 Å². The summed E-state index contributed by atoms with van der Waals surface area (Å²) in [6, 6.07) is 14.9. The van der Waals surface area contributed by atoms with Gasteiger partial charge in [0, 0.05) is 13.0 Å². The van der Waals surface area contributed by atoms with Gasteiger partial charge in [0.15, 0.2) is 0 Å². The van der Waals surface area contributed by atoms with Gasteiger partial charge in [0.1, 0.15) is 18.2 Å². The minimum atomic E-state index is -1.50. The molecule has 1 aliphatic rings. The van der Waals surface area contributed by atoms with Gasteiger partial charge in [0.05, 0.1) is 6.61 Å². The fraction of sp³-hybridized carbons (Fsp3) is 0.375. The lowest BCUT2D eigenvalue weighted by molar-refractivity contribution is -0.143. The van der Waals surface area contributed by atoms with Gasteiger partial charge < -0.3 is 25.2 Å². The van der Waals surface area contributed by atoms with Crippen LogP contribution >= 0.6 is 0 Å². The van der Waals surface area contributed by atoms with Crippen molar-refractivity contribution in [2.24, 2.45) is 0 Å². The zero-order chi connectivity index (χ0) is 23.3. The average molecular weight is 440 g/mol. The van der Waals surface area contributed by atoms with Crippen LogP contribution in [0.5, 0.6) is 0 Å². The van der Waals surface area contributed by atoms with E-state index in [0.717, 1.165) is 22.3 Å². The Hall–Kier alpha value is -3.39. The van der Waals surface area contributed by atoms with Crippen LogP contribution in [0.4, 0.5) is 4.79 Å². The highest BCUT2D eigenvalue weighted by Crippen LogP contribution is 2.44. The molecule has 3 rings (SSSR count). The van der Waals surface area contributed by atoms with Crippen molar-refractivity contribution < 1.29 is 29.0 Å². The zero-order valence-corrected chi connectivity index (χ0v) is 18.4. The molecule has 8 heteroatoms. The Labute approximate surface area is 186 Å². The largest absolute Gasteiger partial charge is 0.480 e. The predicted molar refractivity (Wildman–Crippen MR) is 118 cm³/mol. The molecule has 170 valence electrons. The van der Waals surface area contributed by atoms with E-state index in [1.807, 2.05) is 48.5 Å². The average Bonchev–Trinajstić information content (AvgIpc) is 3.09. The number of methoxy groups -OCH3 is 1. The van der Waals surface area contributed by atoms with Gasteiger partial charge in [0.2, 0.25) is 5.91 Å². The zero-order valence-electron chi connectivity index (χ0n) is 18.4. The maximum absolute atomic E-state index is 12.7. The molecule has 2 amide bonds. The van der Waals surface area contributed by atoms with Crippen LogP contribution in [0.3, 0.4) is 0 Å². The van der Waals surface area contributed by atoms with Crippen molar-refractivity contribution in [3.8, 4) is 11.1 Å². The smallest absolute Gasteiger partial charge is 0.408 e. The maximum atomic E-state index is 12.7. The highest BCUT2D eigenvalue weighted by Gasteiger charge is 2.38. The lowest BCUT2D eigenvalue weighted by Gasteiger charge is -2.29. The number of hydrogen-bond donors (Lipinski definition) is 3. The van der Waals surface area contributed by atoms with E-state index in [9.17, 15) is 19.5 Å². The molecule has 0 radical (unpaired) electrons. The molecular formula is C24H28N2O6. The number of fused-ring (bicyclic) bond motifs is 3. The molecule has 3 N–H and O–H groups in total. The SMILES string of the molecule is CC[C@@H](NC(=O)C(C)(COC)NC(=O)OCC1c2ccccc2-c2ccccc21)C(=O)O. The summed E-state index contributed by atoms with van der Waals surface area (Å²) in [5, 5.41) is 14.2. The second-order valence-corrected chi connectivity index (χ2v) is 7.99. The van der Waals surface area contributed by atoms with Gasteiger partial charge in [-0.2, -0.15) is 0 Å².